The molecule has 0 spiro atoms. The van der Waals surface area contributed by atoms with E-state index in [0.717, 1.165) is 35.4 Å². The number of rotatable bonds is 8. The summed E-state index contributed by atoms with van der Waals surface area (Å²) >= 11 is 0. The molecule has 28 heavy (non-hydrogen) atoms. The van der Waals surface area contributed by atoms with Crippen LogP contribution in [0.4, 0.5) is 11.4 Å². The van der Waals surface area contributed by atoms with Crippen LogP contribution in [-0.4, -0.2) is 59.1 Å². The Morgan fingerprint density at radius 2 is 2.18 bits per heavy atom. The van der Waals surface area contributed by atoms with E-state index < -0.39 is 11.3 Å². The summed E-state index contributed by atoms with van der Waals surface area (Å²) in [6.45, 7) is 11.2. The molecule has 2 aromatic heterocycles. The highest BCUT2D eigenvalue weighted by atomic mass is 16.6. The molecule has 2 unspecified atom stereocenters. The van der Waals surface area contributed by atoms with Crippen molar-refractivity contribution >= 4 is 28.8 Å². The molecule has 0 saturated carbocycles. The number of carbonyl (C=O) groups is 1. The number of nitrogens with zero attached hydrogens (tertiary/aromatic N) is 2. The topological polar surface area (TPSA) is 106 Å². The van der Waals surface area contributed by atoms with Gasteiger partial charge >= 0.3 is 0 Å². The number of aromatic amines is 1. The molecule has 2 atom stereocenters. The van der Waals surface area contributed by atoms with Gasteiger partial charge < -0.3 is 25.0 Å². The van der Waals surface area contributed by atoms with Crippen molar-refractivity contribution in [1.82, 2.24) is 15.3 Å². The second-order valence-electron chi connectivity index (χ2n) is 7.60. The lowest BCUT2D eigenvalue weighted by molar-refractivity contribution is -0.105. The number of likely N-dealkylation sites (N-methyl/N-ethyl adjacent to an activating group) is 1. The molecule has 2 aromatic rings. The van der Waals surface area contributed by atoms with Gasteiger partial charge in [-0.05, 0) is 39.8 Å². The fraction of sp³-hybridized carbons (Fsp3) is 0.600. The van der Waals surface area contributed by atoms with Crippen LogP contribution in [0.15, 0.2) is 18.5 Å². The molecular weight excluding hydrogens is 358 g/mol. The van der Waals surface area contributed by atoms with Gasteiger partial charge in [0.05, 0.1) is 24.2 Å². The van der Waals surface area contributed by atoms with Crippen LogP contribution < -0.4 is 15.5 Å². The predicted octanol–water partition coefficient (Wildman–Crippen LogP) is 2.46. The number of hydrogen-bond donors (Lipinski definition) is 4. The highest BCUT2D eigenvalue weighted by molar-refractivity contribution is 5.99. The van der Waals surface area contributed by atoms with Crippen molar-refractivity contribution in [1.29, 1.82) is 0 Å². The molecule has 1 aliphatic heterocycles. The second-order valence-corrected chi connectivity index (χ2v) is 7.60. The van der Waals surface area contributed by atoms with E-state index in [2.05, 4.69) is 39.3 Å². The molecule has 156 valence electrons. The number of pyridine rings is 1. The molecule has 1 saturated heterocycles. The minimum atomic E-state index is -0.775. The quantitative estimate of drug-likeness (QED) is 0.407. The number of fused-ring (bicyclic) bond motifs is 1. The van der Waals surface area contributed by atoms with Gasteiger partial charge in [-0.1, -0.05) is 13.8 Å². The number of amides is 1. The Labute approximate surface area is 166 Å². The Balaban J connectivity index is 0.000000237. The van der Waals surface area contributed by atoms with E-state index >= 15 is 0 Å². The number of aromatic nitrogens is 2. The molecule has 0 aromatic carbocycles. The standard InChI is InChI=1S/C13H18N4O.C7H15NO2/c1-4-9(2)17(3)12-10-5-6-14-13(10)15-7-11(12)16-8-18;1-4-8-7(5-10-7)6(2,3)9/h5-9H,4H2,1-3H3,(H,14,15)(H,16,18);8-9H,4-5H2,1-3H3. The van der Waals surface area contributed by atoms with Gasteiger partial charge in [0.25, 0.3) is 0 Å². The molecule has 3 rings (SSSR count). The zero-order valence-corrected chi connectivity index (χ0v) is 17.7. The first-order chi connectivity index (χ1) is 13.2. The minimum Gasteiger partial charge on any atom is -0.386 e. The third kappa shape index (κ3) is 4.63. The van der Waals surface area contributed by atoms with Crippen molar-refractivity contribution in [3.05, 3.63) is 18.5 Å². The van der Waals surface area contributed by atoms with Gasteiger partial charge in [-0.15, -0.1) is 0 Å². The third-order valence-corrected chi connectivity index (χ3v) is 5.26. The molecule has 4 N–H and O–H groups in total. The summed E-state index contributed by atoms with van der Waals surface area (Å²) in [5, 5.41) is 16.4. The van der Waals surface area contributed by atoms with Crippen LogP contribution in [0, 0.1) is 0 Å². The van der Waals surface area contributed by atoms with Crippen LogP contribution >= 0.6 is 0 Å². The van der Waals surface area contributed by atoms with Gasteiger partial charge in [-0.3, -0.25) is 10.1 Å². The van der Waals surface area contributed by atoms with E-state index in [9.17, 15) is 9.90 Å². The molecule has 0 radical (unpaired) electrons. The fourth-order valence-electron chi connectivity index (χ4n) is 3.07. The second kappa shape index (κ2) is 8.89. The summed E-state index contributed by atoms with van der Waals surface area (Å²) in [7, 11) is 2.03. The van der Waals surface area contributed by atoms with Crippen molar-refractivity contribution in [2.75, 3.05) is 30.4 Å². The zero-order valence-electron chi connectivity index (χ0n) is 17.7. The van der Waals surface area contributed by atoms with Gasteiger partial charge in [0.1, 0.15) is 11.2 Å². The number of H-pyrrole nitrogens is 1. The number of carbonyl (C=O) groups excluding carboxylic acids is 1. The van der Waals surface area contributed by atoms with Crippen LogP contribution in [0.2, 0.25) is 0 Å². The van der Waals surface area contributed by atoms with Gasteiger partial charge in [0.2, 0.25) is 6.41 Å². The van der Waals surface area contributed by atoms with Crippen LogP contribution in [0.1, 0.15) is 41.0 Å². The molecular formula is C20H33N5O3. The lowest BCUT2D eigenvalue weighted by Gasteiger charge is -2.28. The number of hydrogen-bond acceptors (Lipinski definition) is 6. The molecule has 1 amide bonds. The van der Waals surface area contributed by atoms with Gasteiger partial charge in [-0.2, -0.15) is 0 Å². The van der Waals surface area contributed by atoms with E-state index in [0.29, 0.717) is 19.1 Å². The van der Waals surface area contributed by atoms with E-state index in [-0.39, 0.29) is 0 Å². The van der Waals surface area contributed by atoms with Gasteiger partial charge in [0, 0.05) is 24.7 Å². The maximum absolute atomic E-state index is 10.7. The van der Waals surface area contributed by atoms with Gasteiger partial charge in [0.15, 0.2) is 5.72 Å². The number of aliphatic hydroxyl groups is 1. The number of nitrogens with one attached hydrogen (secondary N) is 3. The van der Waals surface area contributed by atoms with E-state index in [4.69, 9.17) is 4.74 Å². The van der Waals surface area contributed by atoms with Crippen molar-refractivity contribution in [2.24, 2.45) is 0 Å². The number of ether oxygens (including phenoxy) is 1. The molecule has 0 bridgehead atoms. The summed E-state index contributed by atoms with van der Waals surface area (Å²) in [5.41, 5.74) is 1.34. The average molecular weight is 392 g/mol. The first kappa shape index (κ1) is 22.1. The predicted molar refractivity (Wildman–Crippen MR) is 113 cm³/mol. The first-order valence-electron chi connectivity index (χ1n) is 9.71. The summed E-state index contributed by atoms with van der Waals surface area (Å²) in [6, 6.07) is 2.37. The smallest absolute Gasteiger partial charge is 0.211 e. The highest BCUT2D eigenvalue weighted by Crippen LogP contribution is 2.35. The Morgan fingerprint density at radius 1 is 1.50 bits per heavy atom. The first-order valence-corrected chi connectivity index (χ1v) is 9.71. The fourth-order valence-corrected chi connectivity index (χ4v) is 3.07. The van der Waals surface area contributed by atoms with Gasteiger partial charge in [-0.25, -0.2) is 4.98 Å². The van der Waals surface area contributed by atoms with Crippen molar-refractivity contribution in [2.45, 2.75) is 58.4 Å². The average Bonchev–Trinajstić information content (AvgIpc) is 3.30. The minimum absolute atomic E-state index is 0.387. The number of anilines is 2. The Morgan fingerprint density at radius 3 is 2.64 bits per heavy atom. The normalized spacial score (nSPS) is 19.5. The third-order valence-electron chi connectivity index (χ3n) is 5.26. The van der Waals surface area contributed by atoms with Crippen LogP contribution in [0.3, 0.4) is 0 Å². The van der Waals surface area contributed by atoms with Crippen LogP contribution in [0.5, 0.6) is 0 Å². The van der Waals surface area contributed by atoms with Crippen molar-refractivity contribution < 1.29 is 14.6 Å². The Hall–Kier alpha value is -2.16. The molecule has 8 nitrogen and oxygen atoms in total. The summed E-state index contributed by atoms with van der Waals surface area (Å²) in [4.78, 5) is 20.2. The maximum atomic E-state index is 10.7. The SMILES string of the molecule is CCC(C)N(C)c1c(NC=O)cnc2[nH]ccc12.CCNC1(C(C)(C)O)CO1. The molecule has 1 fully saturated rings. The van der Waals surface area contributed by atoms with Crippen molar-refractivity contribution in [3.63, 3.8) is 0 Å². The summed E-state index contributed by atoms with van der Waals surface area (Å²) in [5.74, 6) is 0. The Bertz CT molecular complexity index is 780. The summed E-state index contributed by atoms with van der Waals surface area (Å²) < 4.78 is 5.14. The van der Waals surface area contributed by atoms with Crippen molar-refractivity contribution in [3.8, 4) is 0 Å². The molecule has 0 aliphatic carbocycles. The monoisotopic (exact) mass is 391 g/mol. The lowest BCUT2D eigenvalue weighted by Crippen LogP contribution is -2.50. The highest BCUT2D eigenvalue weighted by Gasteiger charge is 2.55. The molecule has 1 aliphatic rings. The summed E-state index contributed by atoms with van der Waals surface area (Å²) in [6.07, 6.45) is 5.26. The molecule has 3 heterocycles. The zero-order chi connectivity index (χ0) is 20.9. The Kier molecular flexibility index (Phi) is 7.03. The van der Waals surface area contributed by atoms with E-state index in [1.165, 1.54) is 0 Å². The number of epoxide rings is 1. The van der Waals surface area contributed by atoms with E-state index in [1.54, 1.807) is 20.0 Å². The maximum Gasteiger partial charge on any atom is 0.211 e. The lowest BCUT2D eigenvalue weighted by atomic mass is 10.00. The largest absolute Gasteiger partial charge is 0.386 e. The van der Waals surface area contributed by atoms with E-state index in [1.807, 2.05) is 26.2 Å². The van der Waals surface area contributed by atoms with Crippen LogP contribution in [0.25, 0.3) is 11.0 Å². The molecule has 8 heteroatoms. The van der Waals surface area contributed by atoms with Crippen LogP contribution in [-0.2, 0) is 9.53 Å².